The molecule has 0 radical (unpaired) electrons. The summed E-state index contributed by atoms with van der Waals surface area (Å²) >= 11 is 7.25. The molecule has 2 nitrogen and oxygen atoms in total. The van der Waals surface area contributed by atoms with Gasteiger partial charge >= 0.3 is 0 Å². The van der Waals surface area contributed by atoms with Crippen LogP contribution in [0.2, 0.25) is 4.34 Å². The van der Waals surface area contributed by atoms with Crippen molar-refractivity contribution in [2.75, 3.05) is 11.9 Å². The van der Waals surface area contributed by atoms with E-state index < -0.39 is 11.6 Å². The van der Waals surface area contributed by atoms with Gasteiger partial charge in [0.1, 0.15) is 0 Å². The number of nitrogens with two attached hydrogens (primary N) is 1. The summed E-state index contributed by atoms with van der Waals surface area (Å²) in [6.07, 6.45) is 0. The van der Waals surface area contributed by atoms with Crippen molar-refractivity contribution in [1.29, 1.82) is 0 Å². The summed E-state index contributed by atoms with van der Waals surface area (Å²) in [6, 6.07) is 6.69. The molecule has 102 valence electrons. The molecule has 0 saturated heterocycles. The Kier molecular flexibility index (Phi) is 4.39. The monoisotopic (exact) mass is 302 g/mol. The molecular formula is C13H13ClF2N2S. The van der Waals surface area contributed by atoms with Gasteiger partial charge in [0.05, 0.1) is 16.6 Å². The van der Waals surface area contributed by atoms with Crippen LogP contribution in [0.4, 0.5) is 14.5 Å². The van der Waals surface area contributed by atoms with Gasteiger partial charge in [0.25, 0.3) is 0 Å². The molecule has 1 aromatic carbocycles. The van der Waals surface area contributed by atoms with Gasteiger partial charge in [-0.25, -0.2) is 8.78 Å². The van der Waals surface area contributed by atoms with Crippen molar-refractivity contribution in [3.05, 3.63) is 50.7 Å². The molecule has 0 spiro atoms. The number of benzene rings is 1. The lowest BCUT2D eigenvalue weighted by Crippen LogP contribution is -2.18. The summed E-state index contributed by atoms with van der Waals surface area (Å²) in [7, 11) is 1.70. The Labute approximate surface area is 119 Å². The first kappa shape index (κ1) is 14.2. The Morgan fingerprint density at radius 2 is 1.95 bits per heavy atom. The van der Waals surface area contributed by atoms with Crippen LogP contribution in [-0.2, 0) is 13.1 Å². The minimum Gasteiger partial charge on any atom is -0.367 e. The highest BCUT2D eigenvalue weighted by Gasteiger charge is 2.16. The highest BCUT2D eigenvalue weighted by atomic mass is 35.5. The average molecular weight is 303 g/mol. The highest BCUT2D eigenvalue weighted by Crippen LogP contribution is 2.27. The Hall–Kier alpha value is -1.17. The molecule has 2 N–H and O–H groups in total. The maximum atomic E-state index is 13.9. The molecule has 1 aromatic heterocycles. The van der Waals surface area contributed by atoms with E-state index in [0.717, 1.165) is 4.88 Å². The van der Waals surface area contributed by atoms with Crippen LogP contribution >= 0.6 is 22.9 Å². The normalized spacial score (nSPS) is 10.8. The molecule has 0 fully saturated rings. The van der Waals surface area contributed by atoms with Crippen LogP contribution in [0.5, 0.6) is 0 Å². The lowest BCUT2D eigenvalue weighted by molar-refractivity contribution is 0.498. The van der Waals surface area contributed by atoms with Crippen LogP contribution in [0.25, 0.3) is 0 Å². The molecule has 0 aliphatic carbocycles. The van der Waals surface area contributed by atoms with Gasteiger partial charge in [-0.05, 0) is 18.2 Å². The van der Waals surface area contributed by atoms with Gasteiger partial charge in [-0.2, -0.15) is 0 Å². The number of hydrogen-bond donors (Lipinski definition) is 1. The van der Waals surface area contributed by atoms with Crippen LogP contribution < -0.4 is 10.6 Å². The molecule has 0 atom stereocenters. The van der Waals surface area contributed by atoms with Gasteiger partial charge in [0, 0.05) is 24.0 Å². The second-order valence-corrected chi connectivity index (χ2v) is 5.94. The van der Waals surface area contributed by atoms with Gasteiger partial charge < -0.3 is 10.6 Å². The van der Waals surface area contributed by atoms with Crippen molar-refractivity contribution in [3.63, 3.8) is 0 Å². The SMILES string of the molecule is CN(Cc1ccc(Cl)s1)c1ccc(CN)c(F)c1F. The number of halogens is 3. The van der Waals surface area contributed by atoms with E-state index in [-0.39, 0.29) is 17.8 Å². The van der Waals surface area contributed by atoms with Gasteiger partial charge in [0.2, 0.25) is 0 Å². The molecule has 19 heavy (non-hydrogen) atoms. The van der Waals surface area contributed by atoms with Crippen LogP contribution in [-0.4, -0.2) is 7.05 Å². The number of nitrogens with zero attached hydrogens (tertiary/aromatic N) is 1. The predicted octanol–water partition coefficient (Wildman–Crippen LogP) is 3.77. The molecule has 1 heterocycles. The average Bonchev–Trinajstić information content (AvgIpc) is 2.78. The largest absolute Gasteiger partial charge is 0.367 e. The first-order valence-corrected chi connectivity index (χ1v) is 6.84. The fourth-order valence-electron chi connectivity index (χ4n) is 1.79. The van der Waals surface area contributed by atoms with Crippen molar-refractivity contribution < 1.29 is 8.78 Å². The van der Waals surface area contributed by atoms with Crippen LogP contribution in [0.3, 0.4) is 0 Å². The summed E-state index contributed by atoms with van der Waals surface area (Å²) in [4.78, 5) is 2.62. The van der Waals surface area contributed by atoms with E-state index in [4.69, 9.17) is 17.3 Å². The van der Waals surface area contributed by atoms with Crippen LogP contribution in [0.1, 0.15) is 10.4 Å². The van der Waals surface area contributed by atoms with E-state index >= 15 is 0 Å². The molecule has 0 saturated carbocycles. The number of hydrogen-bond acceptors (Lipinski definition) is 3. The van der Waals surface area contributed by atoms with Crippen molar-refractivity contribution in [2.24, 2.45) is 5.73 Å². The molecule has 0 unspecified atom stereocenters. The molecular weight excluding hydrogens is 290 g/mol. The third-order valence-electron chi connectivity index (χ3n) is 2.79. The van der Waals surface area contributed by atoms with E-state index in [0.29, 0.717) is 10.9 Å². The summed E-state index contributed by atoms with van der Waals surface area (Å²) in [5.74, 6) is -1.75. The number of anilines is 1. The van der Waals surface area contributed by atoms with Crippen molar-refractivity contribution >= 4 is 28.6 Å². The molecule has 0 aliphatic rings. The predicted molar refractivity (Wildman–Crippen MR) is 75.7 cm³/mol. The number of rotatable bonds is 4. The Balaban J connectivity index is 2.24. The molecule has 2 rings (SSSR count). The van der Waals surface area contributed by atoms with Crippen molar-refractivity contribution in [2.45, 2.75) is 13.1 Å². The third-order valence-corrected chi connectivity index (χ3v) is 4.01. The Bertz CT molecular complexity index is 586. The zero-order chi connectivity index (χ0) is 14.0. The Morgan fingerprint density at radius 3 is 2.53 bits per heavy atom. The first-order valence-electron chi connectivity index (χ1n) is 5.65. The summed E-state index contributed by atoms with van der Waals surface area (Å²) < 4.78 is 28.3. The minimum atomic E-state index is -0.879. The lowest BCUT2D eigenvalue weighted by Gasteiger charge is -2.20. The lowest BCUT2D eigenvalue weighted by atomic mass is 10.1. The fraction of sp³-hybridized carbons (Fsp3) is 0.231. The molecule has 0 aliphatic heterocycles. The van der Waals surface area contributed by atoms with Crippen molar-refractivity contribution in [1.82, 2.24) is 0 Å². The van der Waals surface area contributed by atoms with Crippen molar-refractivity contribution in [3.8, 4) is 0 Å². The van der Waals surface area contributed by atoms with Gasteiger partial charge in [-0.3, -0.25) is 0 Å². The zero-order valence-electron chi connectivity index (χ0n) is 10.3. The second kappa shape index (κ2) is 5.86. The minimum absolute atomic E-state index is 0.0206. The van der Waals surface area contributed by atoms with E-state index in [1.165, 1.54) is 23.5 Å². The molecule has 0 amide bonds. The van der Waals surface area contributed by atoms with E-state index in [2.05, 4.69) is 0 Å². The third kappa shape index (κ3) is 3.05. The maximum absolute atomic E-state index is 13.9. The Morgan fingerprint density at radius 1 is 1.21 bits per heavy atom. The topological polar surface area (TPSA) is 29.3 Å². The first-order chi connectivity index (χ1) is 9.02. The fourth-order valence-corrected chi connectivity index (χ4v) is 2.93. The maximum Gasteiger partial charge on any atom is 0.182 e. The van der Waals surface area contributed by atoms with E-state index in [1.807, 2.05) is 6.07 Å². The summed E-state index contributed by atoms with van der Waals surface area (Å²) in [6.45, 7) is 0.447. The van der Waals surface area contributed by atoms with Crippen LogP contribution in [0.15, 0.2) is 24.3 Å². The van der Waals surface area contributed by atoms with Crippen LogP contribution in [0, 0.1) is 11.6 Å². The van der Waals surface area contributed by atoms with Gasteiger partial charge in [0.15, 0.2) is 11.6 Å². The summed E-state index contributed by atoms with van der Waals surface area (Å²) in [5, 5.41) is 0. The zero-order valence-corrected chi connectivity index (χ0v) is 11.9. The number of thiophene rings is 1. The standard InChI is InChI=1S/C13H13ClF2N2S/c1-18(7-9-3-5-11(14)19-9)10-4-2-8(6-17)12(15)13(10)16/h2-5H,6-7,17H2,1H3. The quantitative estimate of drug-likeness (QED) is 0.931. The van der Waals surface area contributed by atoms with Gasteiger partial charge in [-0.15, -0.1) is 11.3 Å². The molecule has 0 bridgehead atoms. The highest BCUT2D eigenvalue weighted by molar-refractivity contribution is 7.16. The van der Waals surface area contributed by atoms with Gasteiger partial charge in [-0.1, -0.05) is 17.7 Å². The molecule has 6 heteroatoms. The van der Waals surface area contributed by atoms with E-state index in [1.54, 1.807) is 18.0 Å². The smallest absolute Gasteiger partial charge is 0.182 e. The summed E-state index contributed by atoms with van der Waals surface area (Å²) in [5.41, 5.74) is 5.72. The second-order valence-electron chi connectivity index (χ2n) is 4.14. The van der Waals surface area contributed by atoms with E-state index in [9.17, 15) is 8.78 Å². The molecule has 2 aromatic rings.